The maximum Gasteiger partial charge on any atom is 0.238 e. The second-order valence-corrected chi connectivity index (χ2v) is 9.03. The number of anilines is 1. The lowest BCUT2D eigenvalue weighted by Crippen LogP contribution is -2.32. The summed E-state index contributed by atoms with van der Waals surface area (Å²) in [6.07, 6.45) is 0. The first-order valence-corrected chi connectivity index (χ1v) is 10.6. The molecule has 0 unspecified atom stereocenters. The number of carbonyl (C=O) groups excluding carboxylic acids is 1. The van der Waals surface area contributed by atoms with Gasteiger partial charge in [-0.05, 0) is 82.6 Å². The molecule has 3 rings (SSSR count). The van der Waals surface area contributed by atoms with Crippen molar-refractivity contribution in [3.05, 3.63) is 55.9 Å². The van der Waals surface area contributed by atoms with Crippen molar-refractivity contribution >= 4 is 65.0 Å². The molecule has 0 aliphatic rings. The van der Waals surface area contributed by atoms with E-state index in [4.69, 9.17) is 4.98 Å². The predicted octanol–water partition coefficient (Wildman–Crippen LogP) is 5.76. The van der Waals surface area contributed by atoms with Crippen LogP contribution in [-0.2, 0) is 4.79 Å². The van der Waals surface area contributed by atoms with Crippen molar-refractivity contribution in [3.63, 3.8) is 0 Å². The summed E-state index contributed by atoms with van der Waals surface area (Å²) in [5, 5.41) is 3.99. The summed E-state index contributed by atoms with van der Waals surface area (Å²) in [4.78, 5) is 19.2. The van der Waals surface area contributed by atoms with Crippen LogP contribution in [0.25, 0.3) is 10.2 Å². The van der Waals surface area contributed by atoms with Crippen molar-refractivity contribution in [2.45, 2.75) is 19.9 Å². The second kappa shape index (κ2) is 8.17. The highest BCUT2D eigenvalue weighted by atomic mass is 79.9. The first kappa shape index (κ1) is 19.5. The van der Waals surface area contributed by atoms with Crippen molar-refractivity contribution in [1.82, 2.24) is 9.88 Å². The number of likely N-dealkylation sites (N-methyl/N-ethyl adjacent to an activating group) is 1. The number of aromatic nitrogens is 1. The number of benzene rings is 2. The van der Waals surface area contributed by atoms with Gasteiger partial charge < -0.3 is 5.32 Å². The first-order chi connectivity index (χ1) is 12.3. The van der Waals surface area contributed by atoms with E-state index in [-0.39, 0.29) is 18.5 Å². The Balaban J connectivity index is 1.69. The van der Waals surface area contributed by atoms with Gasteiger partial charge in [-0.1, -0.05) is 12.1 Å². The maximum absolute atomic E-state index is 12.5. The number of hydrogen-bond donors (Lipinski definition) is 1. The molecular weight excluding hydrogens is 478 g/mol. The molecule has 136 valence electrons. The highest BCUT2D eigenvalue weighted by Gasteiger charge is 2.19. The molecule has 0 radical (unpaired) electrons. The quantitative estimate of drug-likeness (QED) is 0.488. The molecule has 7 heteroatoms. The molecule has 1 atom stereocenters. The number of nitrogens with zero attached hydrogens (tertiary/aromatic N) is 2. The predicted molar refractivity (Wildman–Crippen MR) is 116 cm³/mol. The van der Waals surface area contributed by atoms with Crippen LogP contribution in [0.5, 0.6) is 0 Å². The van der Waals surface area contributed by atoms with Crippen LogP contribution in [0.3, 0.4) is 0 Å². The molecular formula is C19H19Br2N3OS. The molecule has 2 aromatic carbocycles. The van der Waals surface area contributed by atoms with Crippen LogP contribution in [0.2, 0.25) is 0 Å². The van der Waals surface area contributed by atoms with E-state index in [0.717, 1.165) is 30.7 Å². The molecule has 1 heterocycles. The Labute approximate surface area is 173 Å². The highest BCUT2D eigenvalue weighted by Crippen LogP contribution is 2.33. The second-order valence-electron chi connectivity index (χ2n) is 6.26. The average molecular weight is 497 g/mol. The number of nitrogens with one attached hydrogen (secondary N) is 1. The molecule has 0 spiro atoms. The highest BCUT2D eigenvalue weighted by molar-refractivity contribution is 9.11. The zero-order chi connectivity index (χ0) is 18.8. The number of hydrogen-bond acceptors (Lipinski definition) is 4. The van der Waals surface area contributed by atoms with Crippen LogP contribution < -0.4 is 5.32 Å². The zero-order valence-electron chi connectivity index (χ0n) is 14.7. The molecule has 1 N–H and O–H groups in total. The fraction of sp³-hybridized carbons (Fsp3) is 0.263. The number of rotatable bonds is 5. The Morgan fingerprint density at radius 2 is 1.92 bits per heavy atom. The Kier molecular flexibility index (Phi) is 6.12. The number of para-hydroxylation sites is 1. The molecule has 26 heavy (non-hydrogen) atoms. The lowest BCUT2D eigenvalue weighted by atomic mass is 10.2. The molecule has 1 amide bonds. The van der Waals surface area contributed by atoms with E-state index < -0.39 is 0 Å². The molecule has 0 saturated heterocycles. The van der Waals surface area contributed by atoms with Crippen molar-refractivity contribution in [1.29, 1.82) is 0 Å². The summed E-state index contributed by atoms with van der Waals surface area (Å²) in [5.41, 5.74) is 2.87. The van der Waals surface area contributed by atoms with Gasteiger partial charge >= 0.3 is 0 Å². The summed E-state index contributed by atoms with van der Waals surface area (Å²) in [7, 11) is 1.94. The van der Waals surface area contributed by atoms with Gasteiger partial charge in [-0.2, -0.15) is 0 Å². The number of amides is 1. The summed E-state index contributed by atoms with van der Waals surface area (Å²) in [6, 6.07) is 12.1. The van der Waals surface area contributed by atoms with E-state index in [9.17, 15) is 4.79 Å². The SMILES string of the molecule is Cc1cc(Br)c(NC(=O)CN(C)[C@H](C)c2nc3ccccc3s2)c(Br)c1. The first-order valence-electron chi connectivity index (χ1n) is 8.16. The third-order valence-corrected chi connectivity index (χ3v) is 6.63. The van der Waals surface area contributed by atoms with E-state index in [0.29, 0.717) is 0 Å². The lowest BCUT2D eigenvalue weighted by molar-refractivity contribution is -0.117. The van der Waals surface area contributed by atoms with Crippen molar-refractivity contribution in [3.8, 4) is 0 Å². The zero-order valence-corrected chi connectivity index (χ0v) is 18.7. The van der Waals surface area contributed by atoms with Crippen molar-refractivity contribution < 1.29 is 4.79 Å². The number of carbonyl (C=O) groups is 1. The van der Waals surface area contributed by atoms with Crippen LogP contribution >= 0.6 is 43.2 Å². The molecule has 1 aromatic heterocycles. The van der Waals surface area contributed by atoms with Gasteiger partial charge in [-0.25, -0.2) is 4.98 Å². The monoisotopic (exact) mass is 495 g/mol. The smallest absolute Gasteiger partial charge is 0.238 e. The fourth-order valence-electron chi connectivity index (χ4n) is 2.62. The minimum Gasteiger partial charge on any atom is -0.323 e. The summed E-state index contributed by atoms with van der Waals surface area (Å²) >= 11 is 8.69. The van der Waals surface area contributed by atoms with Crippen LogP contribution in [0.4, 0.5) is 5.69 Å². The molecule has 0 aliphatic carbocycles. The Morgan fingerprint density at radius 1 is 1.27 bits per heavy atom. The number of thiazole rings is 1. The lowest BCUT2D eigenvalue weighted by Gasteiger charge is -2.22. The van der Waals surface area contributed by atoms with E-state index in [1.165, 1.54) is 4.70 Å². The summed E-state index contributed by atoms with van der Waals surface area (Å²) < 4.78 is 2.89. The van der Waals surface area contributed by atoms with Crippen molar-refractivity contribution in [2.24, 2.45) is 0 Å². The van der Waals surface area contributed by atoms with Gasteiger partial charge in [0.15, 0.2) is 0 Å². The Hall–Kier alpha value is -1.28. The van der Waals surface area contributed by atoms with E-state index in [2.05, 4.69) is 50.2 Å². The molecule has 4 nitrogen and oxygen atoms in total. The molecule has 3 aromatic rings. The van der Waals surface area contributed by atoms with Gasteiger partial charge in [0.05, 0.1) is 28.5 Å². The number of fused-ring (bicyclic) bond motifs is 1. The Morgan fingerprint density at radius 3 is 2.58 bits per heavy atom. The van der Waals surface area contributed by atoms with E-state index in [1.54, 1.807) is 11.3 Å². The number of aryl methyl sites for hydroxylation is 1. The molecule has 0 saturated carbocycles. The van der Waals surface area contributed by atoms with Gasteiger partial charge in [0.1, 0.15) is 5.01 Å². The van der Waals surface area contributed by atoms with Crippen LogP contribution in [-0.4, -0.2) is 29.4 Å². The van der Waals surface area contributed by atoms with Gasteiger partial charge in [0.2, 0.25) is 5.91 Å². The number of halogens is 2. The topological polar surface area (TPSA) is 45.2 Å². The summed E-state index contributed by atoms with van der Waals surface area (Å²) in [5.74, 6) is -0.0642. The molecule has 0 bridgehead atoms. The van der Waals surface area contributed by atoms with Gasteiger partial charge in [0.25, 0.3) is 0 Å². The Bertz CT molecular complexity index is 901. The third-order valence-electron chi connectivity index (χ3n) is 4.17. The fourth-order valence-corrected chi connectivity index (χ4v) is 5.32. The van der Waals surface area contributed by atoms with E-state index >= 15 is 0 Å². The van der Waals surface area contributed by atoms with Crippen molar-refractivity contribution in [2.75, 3.05) is 18.9 Å². The largest absolute Gasteiger partial charge is 0.323 e. The van der Waals surface area contributed by atoms with Gasteiger partial charge in [-0.3, -0.25) is 9.69 Å². The maximum atomic E-state index is 12.5. The minimum absolute atomic E-state index is 0.0584. The standard InChI is InChI=1S/C19H19Br2N3OS/c1-11-8-13(20)18(14(21)9-11)23-17(25)10-24(3)12(2)19-22-15-6-4-5-7-16(15)26-19/h4-9,12H,10H2,1-3H3,(H,23,25)/t12-/m1/s1. The third kappa shape index (κ3) is 4.34. The van der Waals surface area contributed by atoms with Crippen LogP contribution in [0, 0.1) is 6.92 Å². The molecule has 0 fully saturated rings. The average Bonchev–Trinajstić information content (AvgIpc) is 3.01. The summed E-state index contributed by atoms with van der Waals surface area (Å²) in [6.45, 7) is 4.36. The normalized spacial score (nSPS) is 12.5. The van der Waals surface area contributed by atoms with Crippen LogP contribution in [0.1, 0.15) is 23.5 Å². The van der Waals surface area contributed by atoms with E-state index in [1.807, 2.05) is 49.2 Å². The molecule has 0 aliphatic heterocycles. The van der Waals surface area contributed by atoms with Gasteiger partial charge in [0, 0.05) is 8.95 Å². The van der Waals surface area contributed by atoms with Gasteiger partial charge in [-0.15, -0.1) is 11.3 Å². The minimum atomic E-state index is -0.0642. The van der Waals surface area contributed by atoms with Crippen LogP contribution in [0.15, 0.2) is 45.3 Å².